The van der Waals surface area contributed by atoms with Gasteiger partial charge in [-0.15, -0.1) is 0 Å². The first-order chi connectivity index (χ1) is 13.1. The van der Waals surface area contributed by atoms with Crippen LogP contribution in [0.3, 0.4) is 0 Å². The predicted molar refractivity (Wildman–Crippen MR) is 104 cm³/mol. The van der Waals surface area contributed by atoms with Crippen molar-refractivity contribution in [3.8, 4) is 5.75 Å². The van der Waals surface area contributed by atoms with Crippen molar-refractivity contribution in [3.63, 3.8) is 0 Å². The van der Waals surface area contributed by atoms with Crippen molar-refractivity contribution < 1.29 is 17.9 Å². The summed E-state index contributed by atoms with van der Waals surface area (Å²) in [5, 5.41) is 3.06. The third kappa shape index (κ3) is 5.69. The molecule has 0 bridgehead atoms. The topological polar surface area (TPSA) is 75.7 Å². The first kappa shape index (κ1) is 20.1. The van der Waals surface area contributed by atoms with Crippen molar-refractivity contribution in [2.24, 2.45) is 0 Å². The smallest absolute Gasteiger partial charge is 0.258 e. The van der Waals surface area contributed by atoms with Crippen molar-refractivity contribution in [2.45, 2.75) is 68.7 Å². The van der Waals surface area contributed by atoms with E-state index in [1.54, 1.807) is 24.3 Å². The Hall–Kier alpha value is -1.60. The van der Waals surface area contributed by atoms with Crippen LogP contribution in [0, 0.1) is 0 Å². The van der Waals surface area contributed by atoms with Gasteiger partial charge in [0.25, 0.3) is 5.91 Å². The number of nitrogens with one attached hydrogen (secondary N) is 1. The van der Waals surface area contributed by atoms with Gasteiger partial charge in [0.1, 0.15) is 5.75 Å². The number of nitrogens with zero attached hydrogens (tertiary/aromatic N) is 1. The van der Waals surface area contributed by atoms with E-state index in [1.807, 2.05) is 0 Å². The number of hydrogen-bond acceptors (Lipinski definition) is 4. The Morgan fingerprint density at radius 2 is 1.56 bits per heavy atom. The van der Waals surface area contributed by atoms with E-state index >= 15 is 0 Å². The molecule has 1 saturated carbocycles. The summed E-state index contributed by atoms with van der Waals surface area (Å²) in [5.41, 5.74) is 0. The summed E-state index contributed by atoms with van der Waals surface area (Å²) in [6.07, 6.45) is 10.0. The Bertz CT molecular complexity index is 704. The van der Waals surface area contributed by atoms with Gasteiger partial charge in [-0.3, -0.25) is 4.79 Å². The van der Waals surface area contributed by atoms with Crippen molar-refractivity contribution in [2.75, 3.05) is 19.7 Å². The van der Waals surface area contributed by atoms with Crippen LogP contribution in [-0.2, 0) is 14.8 Å². The van der Waals surface area contributed by atoms with E-state index in [2.05, 4.69) is 5.32 Å². The van der Waals surface area contributed by atoms with Gasteiger partial charge in [0.05, 0.1) is 4.90 Å². The van der Waals surface area contributed by atoms with Gasteiger partial charge in [0.15, 0.2) is 6.61 Å². The fraction of sp³-hybridized carbons (Fsp3) is 0.650. The second-order valence-electron chi connectivity index (χ2n) is 7.48. The normalized spacial score (nSPS) is 20.0. The van der Waals surface area contributed by atoms with E-state index in [0.717, 1.165) is 25.7 Å². The molecule has 2 aliphatic rings. The SMILES string of the molecule is O=C(COc1ccc(S(=O)(=O)N2CCCC2)cc1)NC1CCCCCCC1. The van der Waals surface area contributed by atoms with Gasteiger partial charge in [-0.1, -0.05) is 32.1 Å². The number of hydrogen-bond donors (Lipinski definition) is 1. The van der Waals surface area contributed by atoms with E-state index in [9.17, 15) is 13.2 Å². The summed E-state index contributed by atoms with van der Waals surface area (Å²) >= 11 is 0. The molecule has 1 aliphatic heterocycles. The number of sulfonamides is 1. The summed E-state index contributed by atoms with van der Waals surface area (Å²) in [6.45, 7) is 1.12. The molecule has 1 heterocycles. The highest BCUT2D eigenvalue weighted by molar-refractivity contribution is 7.89. The maximum absolute atomic E-state index is 12.5. The van der Waals surface area contributed by atoms with Crippen molar-refractivity contribution in [3.05, 3.63) is 24.3 Å². The molecule has 3 rings (SSSR count). The molecule has 1 aliphatic carbocycles. The van der Waals surface area contributed by atoms with E-state index in [0.29, 0.717) is 18.8 Å². The van der Waals surface area contributed by atoms with Gasteiger partial charge in [-0.05, 0) is 49.9 Å². The third-order valence-corrected chi connectivity index (χ3v) is 7.28. The molecule has 0 aromatic heterocycles. The number of benzene rings is 1. The van der Waals surface area contributed by atoms with Gasteiger partial charge >= 0.3 is 0 Å². The molecule has 6 nitrogen and oxygen atoms in total. The molecule has 0 radical (unpaired) electrons. The fourth-order valence-electron chi connectivity index (χ4n) is 3.80. The van der Waals surface area contributed by atoms with Crippen LogP contribution in [0.5, 0.6) is 5.75 Å². The Morgan fingerprint density at radius 3 is 2.19 bits per heavy atom. The number of carbonyl (C=O) groups excluding carboxylic acids is 1. The van der Waals surface area contributed by atoms with Crippen LogP contribution >= 0.6 is 0 Å². The second kappa shape index (κ2) is 9.55. The van der Waals surface area contributed by atoms with Crippen molar-refractivity contribution in [1.82, 2.24) is 9.62 Å². The zero-order valence-electron chi connectivity index (χ0n) is 15.9. The molecule has 27 heavy (non-hydrogen) atoms. The monoisotopic (exact) mass is 394 g/mol. The first-order valence-electron chi connectivity index (χ1n) is 10.1. The second-order valence-corrected chi connectivity index (χ2v) is 9.42. The summed E-state index contributed by atoms with van der Waals surface area (Å²) < 4.78 is 32.1. The molecule has 1 saturated heterocycles. The Balaban J connectivity index is 1.48. The van der Waals surface area contributed by atoms with Crippen LogP contribution in [0.25, 0.3) is 0 Å². The minimum atomic E-state index is -3.41. The van der Waals surface area contributed by atoms with Crippen LogP contribution in [0.4, 0.5) is 0 Å². The van der Waals surface area contributed by atoms with Gasteiger partial charge in [0.2, 0.25) is 10.0 Å². The Labute approximate surface area is 162 Å². The molecule has 7 heteroatoms. The number of ether oxygens (including phenoxy) is 1. The van der Waals surface area contributed by atoms with E-state index in [4.69, 9.17) is 4.74 Å². The third-order valence-electron chi connectivity index (χ3n) is 5.37. The van der Waals surface area contributed by atoms with Crippen molar-refractivity contribution >= 4 is 15.9 Å². The van der Waals surface area contributed by atoms with Crippen LogP contribution in [0.1, 0.15) is 57.8 Å². The van der Waals surface area contributed by atoms with E-state index in [1.165, 1.54) is 36.4 Å². The molecular weight excluding hydrogens is 364 g/mol. The lowest BCUT2D eigenvalue weighted by molar-refractivity contribution is -0.123. The number of rotatable bonds is 6. The van der Waals surface area contributed by atoms with Gasteiger partial charge in [-0.25, -0.2) is 8.42 Å². The van der Waals surface area contributed by atoms with Crippen LogP contribution < -0.4 is 10.1 Å². The molecule has 2 fully saturated rings. The van der Waals surface area contributed by atoms with Crippen LogP contribution in [-0.4, -0.2) is 44.4 Å². The Kier molecular flexibility index (Phi) is 7.13. The maximum Gasteiger partial charge on any atom is 0.258 e. The summed E-state index contributed by atoms with van der Waals surface area (Å²) in [6, 6.07) is 6.58. The summed E-state index contributed by atoms with van der Waals surface area (Å²) in [4.78, 5) is 12.4. The lowest BCUT2D eigenvalue weighted by atomic mass is 9.97. The zero-order chi connectivity index (χ0) is 19.1. The molecule has 1 aromatic rings. The van der Waals surface area contributed by atoms with Gasteiger partial charge in [-0.2, -0.15) is 4.31 Å². The molecule has 1 amide bonds. The summed E-state index contributed by atoms with van der Waals surface area (Å²) in [7, 11) is -3.41. The van der Waals surface area contributed by atoms with Crippen molar-refractivity contribution in [1.29, 1.82) is 0 Å². The standard InChI is InChI=1S/C20H30N2O4S/c23-20(21-17-8-4-2-1-3-5-9-17)16-26-18-10-12-19(13-11-18)27(24,25)22-14-6-7-15-22/h10-13,17H,1-9,14-16H2,(H,21,23). The molecular formula is C20H30N2O4S. The molecule has 150 valence electrons. The zero-order valence-corrected chi connectivity index (χ0v) is 16.7. The van der Waals surface area contributed by atoms with E-state index < -0.39 is 10.0 Å². The fourth-order valence-corrected chi connectivity index (χ4v) is 5.32. The van der Waals surface area contributed by atoms with E-state index in [-0.39, 0.29) is 23.5 Å². The van der Waals surface area contributed by atoms with Crippen LogP contribution in [0.15, 0.2) is 29.2 Å². The molecule has 1 aromatic carbocycles. The summed E-state index contributed by atoms with van der Waals surface area (Å²) in [5.74, 6) is 0.387. The average Bonchev–Trinajstić information content (AvgIpc) is 3.18. The average molecular weight is 395 g/mol. The minimum Gasteiger partial charge on any atom is -0.484 e. The number of carbonyl (C=O) groups is 1. The highest BCUT2D eigenvalue weighted by Crippen LogP contribution is 2.23. The molecule has 0 unspecified atom stereocenters. The quantitative estimate of drug-likeness (QED) is 0.804. The molecule has 1 N–H and O–H groups in total. The highest BCUT2D eigenvalue weighted by atomic mass is 32.2. The predicted octanol–water partition coefficient (Wildman–Crippen LogP) is 3.08. The Morgan fingerprint density at radius 1 is 0.963 bits per heavy atom. The van der Waals surface area contributed by atoms with Crippen LogP contribution in [0.2, 0.25) is 0 Å². The first-order valence-corrected chi connectivity index (χ1v) is 11.5. The largest absolute Gasteiger partial charge is 0.484 e. The molecule has 0 atom stereocenters. The number of amides is 1. The van der Waals surface area contributed by atoms with Gasteiger partial charge in [0, 0.05) is 19.1 Å². The minimum absolute atomic E-state index is 0.0469. The lowest BCUT2D eigenvalue weighted by Gasteiger charge is -2.21. The molecule has 0 spiro atoms. The highest BCUT2D eigenvalue weighted by Gasteiger charge is 2.27. The lowest BCUT2D eigenvalue weighted by Crippen LogP contribution is -2.38. The van der Waals surface area contributed by atoms with Gasteiger partial charge < -0.3 is 10.1 Å². The maximum atomic E-state index is 12.5.